The number of nitrogens with one attached hydrogen (secondary N) is 1. The Kier molecular flexibility index (Phi) is 5.15. The quantitative estimate of drug-likeness (QED) is 0.897. The molecule has 24 heavy (non-hydrogen) atoms. The Morgan fingerprint density at radius 3 is 2.67 bits per heavy atom. The van der Waals surface area contributed by atoms with Gasteiger partial charge in [0.05, 0.1) is 0 Å². The molecular weight excluding hydrogens is 314 g/mol. The van der Waals surface area contributed by atoms with Crippen LogP contribution >= 0.6 is 0 Å². The molecule has 4 nitrogen and oxygen atoms in total. The SMILES string of the molecule is COCC(=O)NC1CCC12CCN(Cc1ccc(F)cc1F)CC2. The van der Waals surface area contributed by atoms with Gasteiger partial charge >= 0.3 is 0 Å². The van der Waals surface area contributed by atoms with E-state index in [1.807, 2.05) is 0 Å². The minimum absolute atomic E-state index is 0.0580. The topological polar surface area (TPSA) is 41.6 Å². The molecule has 1 saturated carbocycles. The molecule has 1 aliphatic carbocycles. The van der Waals surface area contributed by atoms with Crippen LogP contribution in [-0.2, 0) is 16.1 Å². The molecule has 2 fully saturated rings. The van der Waals surface area contributed by atoms with E-state index in [0.29, 0.717) is 12.1 Å². The van der Waals surface area contributed by atoms with Crippen LogP contribution in [0.25, 0.3) is 0 Å². The van der Waals surface area contributed by atoms with Crippen molar-refractivity contribution in [3.63, 3.8) is 0 Å². The van der Waals surface area contributed by atoms with E-state index in [4.69, 9.17) is 4.74 Å². The summed E-state index contributed by atoms with van der Waals surface area (Å²) in [5.41, 5.74) is 0.715. The highest BCUT2D eigenvalue weighted by Crippen LogP contribution is 2.49. The van der Waals surface area contributed by atoms with Crippen molar-refractivity contribution in [1.82, 2.24) is 10.2 Å². The summed E-state index contributed by atoms with van der Waals surface area (Å²) in [6.45, 7) is 2.34. The van der Waals surface area contributed by atoms with Crippen molar-refractivity contribution >= 4 is 5.91 Å². The van der Waals surface area contributed by atoms with Crippen LogP contribution in [0.4, 0.5) is 8.78 Å². The van der Waals surface area contributed by atoms with Crippen LogP contribution in [0.1, 0.15) is 31.2 Å². The molecule has 1 atom stereocenters. The highest BCUT2D eigenvalue weighted by molar-refractivity contribution is 5.77. The van der Waals surface area contributed by atoms with Crippen molar-refractivity contribution in [3.8, 4) is 0 Å². The van der Waals surface area contributed by atoms with Crippen LogP contribution < -0.4 is 5.32 Å². The monoisotopic (exact) mass is 338 g/mol. The van der Waals surface area contributed by atoms with Crippen LogP contribution in [0.2, 0.25) is 0 Å². The van der Waals surface area contributed by atoms with E-state index in [-0.39, 0.29) is 24.0 Å². The number of hydrogen-bond donors (Lipinski definition) is 1. The maximum atomic E-state index is 13.8. The average Bonchev–Trinajstić information content (AvgIpc) is 2.55. The third-order valence-electron chi connectivity index (χ3n) is 5.54. The summed E-state index contributed by atoms with van der Waals surface area (Å²) < 4.78 is 31.6. The first-order valence-corrected chi connectivity index (χ1v) is 8.47. The number of halogens is 2. The van der Waals surface area contributed by atoms with Gasteiger partial charge in [-0.15, -0.1) is 0 Å². The average molecular weight is 338 g/mol. The zero-order chi connectivity index (χ0) is 17.2. The molecule has 132 valence electrons. The van der Waals surface area contributed by atoms with Gasteiger partial charge in [0.25, 0.3) is 0 Å². The number of amides is 1. The molecule has 1 heterocycles. The zero-order valence-corrected chi connectivity index (χ0v) is 14.0. The highest BCUT2D eigenvalue weighted by atomic mass is 19.1. The fourth-order valence-electron chi connectivity index (χ4n) is 3.94. The van der Waals surface area contributed by atoms with Crippen molar-refractivity contribution in [2.24, 2.45) is 5.41 Å². The van der Waals surface area contributed by atoms with E-state index in [1.165, 1.54) is 19.2 Å². The Bertz CT molecular complexity index is 601. The summed E-state index contributed by atoms with van der Waals surface area (Å²) in [5.74, 6) is -1.08. The van der Waals surface area contributed by atoms with E-state index >= 15 is 0 Å². The Balaban J connectivity index is 1.53. The predicted octanol–water partition coefficient (Wildman–Crippen LogP) is 2.47. The Labute approximate surface area is 141 Å². The number of piperidine rings is 1. The summed E-state index contributed by atoms with van der Waals surface area (Å²) in [6.07, 6.45) is 4.13. The number of methoxy groups -OCH3 is 1. The van der Waals surface area contributed by atoms with Crippen molar-refractivity contribution < 1.29 is 18.3 Å². The number of ether oxygens (including phenoxy) is 1. The highest BCUT2D eigenvalue weighted by Gasteiger charge is 2.48. The van der Waals surface area contributed by atoms with Crippen LogP contribution in [0.3, 0.4) is 0 Å². The van der Waals surface area contributed by atoms with E-state index < -0.39 is 11.6 Å². The summed E-state index contributed by atoms with van der Waals surface area (Å²) in [4.78, 5) is 13.9. The molecule has 1 aliphatic heterocycles. The Hall–Kier alpha value is -1.53. The van der Waals surface area contributed by atoms with Gasteiger partial charge in [0.15, 0.2) is 0 Å². The second-order valence-corrected chi connectivity index (χ2v) is 6.97. The maximum absolute atomic E-state index is 13.8. The van der Waals surface area contributed by atoms with Gasteiger partial charge in [-0.1, -0.05) is 6.07 Å². The van der Waals surface area contributed by atoms with E-state index in [1.54, 1.807) is 0 Å². The Morgan fingerprint density at radius 2 is 2.08 bits per heavy atom. The lowest BCUT2D eigenvalue weighted by molar-refractivity contribution is -0.129. The van der Waals surface area contributed by atoms with Gasteiger partial charge in [-0.25, -0.2) is 8.78 Å². The van der Waals surface area contributed by atoms with Gasteiger partial charge in [0.2, 0.25) is 5.91 Å². The predicted molar refractivity (Wildman–Crippen MR) is 86.3 cm³/mol. The van der Waals surface area contributed by atoms with Crippen molar-refractivity contribution in [2.45, 2.75) is 38.3 Å². The van der Waals surface area contributed by atoms with Crippen molar-refractivity contribution in [3.05, 3.63) is 35.4 Å². The molecule has 0 aromatic heterocycles. The van der Waals surface area contributed by atoms with Gasteiger partial charge in [-0.3, -0.25) is 9.69 Å². The molecule has 0 radical (unpaired) electrons. The molecule has 1 N–H and O–H groups in total. The normalized spacial score (nSPS) is 23.0. The van der Waals surface area contributed by atoms with Crippen LogP contribution in [-0.4, -0.2) is 43.7 Å². The third-order valence-corrected chi connectivity index (χ3v) is 5.54. The summed E-state index contributed by atoms with van der Waals surface area (Å²) >= 11 is 0. The van der Waals surface area contributed by atoms with Gasteiger partial charge in [-0.05, 0) is 50.3 Å². The number of rotatable bonds is 5. The van der Waals surface area contributed by atoms with Crippen LogP contribution in [0.5, 0.6) is 0 Å². The molecular formula is C18H24F2N2O2. The third kappa shape index (κ3) is 3.59. The number of benzene rings is 1. The first-order chi connectivity index (χ1) is 11.5. The molecule has 1 spiro atoms. The lowest BCUT2D eigenvalue weighted by Crippen LogP contribution is -2.59. The molecule has 3 rings (SSSR count). The molecule has 2 aliphatic rings. The largest absolute Gasteiger partial charge is 0.375 e. The lowest BCUT2D eigenvalue weighted by atomic mass is 9.59. The lowest BCUT2D eigenvalue weighted by Gasteiger charge is -2.54. The number of carbonyl (C=O) groups is 1. The molecule has 6 heteroatoms. The summed E-state index contributed by atoms with van der Waals surface area (Å²) in [6, 6.07) is 3.99. The zero-order valence-electron chi connectivity index (χ0n) is 14.0. The smallest absolute Gasteiger partial charge is 0.246 e. The standard InChI is InChI=1S/C18H24F2N2O2/c1-24-12-17(23)21-16-4-5-18(16)6-8-22(9-7-18)11-13-2-3-14(19)10-15(13)20/h2-3,10,16H,4-9,11-12H2,1H3,(H,21,23). The fraction of sp³-hybridized carbons (Fsp3) is 0.611. The van der Waals surface area contributed by atoms with Gasteiger partial charge in [0.1, 0.15) is 18.2 Å². The van der Waals surface area contributed by atoms with Crippen LogP contribution in [0.15, 0.2) is 18.2 Å². The van der Waals surface area contributed by atoms with Gasteiger partial charge < -0.3 is 10.1 Å². The molecule has 1 saturated heterocycles. The summed E-state index contributed by atoms with van der Waals surface area (Å²) in [5, 5.41) is 3.07. The van der Waals surface area contributed by atoms with Gasteiger partial charge in [0, 0.05) is 31.3 Å². The Morgan fingerprint density at radius 1 is 1.33 bits per heavy atom. The number of nitrogens with zero attached hydrogens (tertiary/aromatic N) is 1. The van der Waals surface area contributed by atoms with Crippen molar-refractivity contribution in [1.29, 1.82) is 0 Å². The van der Waals surface area contributed by atoms with E-state index in [2.05, 4.69) is 10.2 Å². The number of hydrogen-bond acceptors (Lipinski definition) is 3. The molecule has 1 amide bonds. The van der Waals surface area contributed by atoms with Crippen LogP contribution in [0, 0.1) is 17.0 Å². The minimum Gasteiger partial charge on any atom is -0.375 e. The second kappa shape index (κ2) is 7.15. The number of carbonyl (C=O) groups excluding carboxylic acids is 1. The number of likely N-dealkylation sites (tertiary alicyclic amines) is 1. The maximum Gasteiger partial charge on any atom is 0.246 e. The fourth-order valence-corrected chi connectivity index (χ4v) is 3.94. The molecule has 1 unspecified atom stereocenters. The van der Waals surface area contributed by atoms with E-state index in [9.17, 15) is 13.6 Å². The molecule has 1 aromatic carbocycles. The first-order valence-electron chi connectivity index (χ1n) is 8.47. The molecule has 0 bridgehead atoms. The minimum atomic E-state index is -0.544. The van der Waals surface area contributed by atoms with Crippen molar-refractivity contribution in [2.75, 3.05) is 26.8 Å². The van der Waals surface area contributed by atoms with Gasteiger partial charge in [-0.2, -0.15) is 0 Å². The summed E-state index contributed by atoms with van der Waals surface area (Å²) in [7, 11) is 1.52. The second-order valence-electron chi connectivity index (χ2n) is 6.97. The van der Waals surface area contributed by atoms with E-state index in [0.717, 1.165) is 44.8 Å². The first kappa shape index (κ1) is 17.3. The molecule has 1 aromatic rings.